The van der Waals surface area contributed by atoms with Crippen LogP contribution < -0.4 is 15.8 Å². The maximum absolute atomic E-state index is 13.3. The number of pyridine rings is 1. The van der Waals surface area contributed by atoms with Crippen molar-refractivity contribution >= 4 is 27.7 Å². The van der Waals surface area contributed by atoms with Gasteiger partial charge in [-0.2, -0.15) is 31.4 Å². The third kappa shape index (κ3) is 7.23. The number of anilines is 2. The summed E-state index contributed by atoms with van der Waals surface area (Å²) in [7, 11) is 0.563. The lowest BCUT2D eigenvalue weighted by molar-refractivity contribution is -0.138. The van der Waals surface area contributed by atoms with Crippen molar-refractivity contribution in [2.24, 2.45) is 0 Å². The molecule has 17 heteroatoms. The van der Waals surface area contributed by atoms with E-state index in [0.717, 1.165) is 18.5 Å². The van der Waals surface area contributed by atoms with Gasteiger partial charge in [0, 0.05) is 54.3 Å². The van der Waals surface area contributed by atoms with Crippen LogP contribution >= 0.6 is 0 Å². The quantitative estimate of drug-likeness (QED) is 0.262. The minimum absolute atomic E-state index is 0.0220. The molecule has 0 aromatic carbocycles. The van der Waals surface area contributed by atoms with E-state index in [-0.39, 0.29) is 49.8 Å². The van der Waals surface area contributed by atoms with E-state index >= 15 is 0 Å². The lowest BCUT2D eigenvalue weighted by Crippen LogP contribution is -2.58. The number of hydrogen-bond donors (Lipinski definition) is 2. The molecule has 4 heterocycles. The Morgan fingerprint density at radius 3 is 2.67 bits per heavy atom. The first-order chi connectivity index (χ1) is 19.7. The van der Waals surface area contributed by atoms with Crippen LogP contribution in [0.4, 0.5) is 37.8 Å². The van der Waals surface area contributed by atoms with E-state index in [9.17, 15) is 35.9 Å². The highest BCUT2D eigenvalue weighted by atomic mass is 28.1. The molecule has 0 saturated carbocycles. The molecule has 2 aromatic heterocycles. The minimum Gasteiger partial charge on any atom is -0.381 e. The number of aromatic amines is 1. The average Bonchev–Trinajstić information content (AvgIpc) is 3.05. The third-order valence-corrected chi connectivity index (χ3v) is 8.91. The van der Waals surface area contributed by atoms with E-state index in [1.807, 2.05) is 11.8 Å². The molecule has 1 saturated heterocycles. The van der Waals surface area contributed by atoms with Gasteiger partial charge in [0.25, 0.3) is 5.56 Å². The Hall–Kier alpha value is -3.18. The van der Waals surface area contributed by atoms with Crippen LogP contribution in [0.25, 0.3) is 0 Å². The Morgan fingerprint density at radius 1 is 1.24 bits per heavy atom. The van der Waals surface area contributed by atoms with E-state index in [4.69, 9.17) is 9.47 Å². The summed E-state index contributed by atoms with van der Waals surface area (Å²) in [5.41, 5.74) is -3.73. The fraction of sp³-hybridized carbons (Fsp3) is 0.600. The number of halogens is 6. The number of hydrogen-bond acceptors (Lipinski definition) is 8. The molecule has 2 aromatic rings. The number of amides is 1. The summed E-state index contributed by atoms with van der Waals surface area (Å²) >= 11 is 0. The molecule has 232 valence electrons. The zero-order valence-electron chi connectivity index (χ0n) is 23.2. The minimum atomic E-state index is -4.85. The van der Waals surface area contributed by atoms with Crippen LogP contribution in [0.3, 0.4) is 0 Å². The highest BCUT2D eigenvalue weighted by Crippen LogP contribution is 2.35. The van der Waals surface area contributed by atoms with Crippen LogP contribution in [0.5, 0.6) is 0 Å². The molecule has 1 fully saturated rings. The van der Waals surface area contributed by atoms with Gasteiger partial charge in [0.15, 0.2) is 0 Å². The number of alkyl halides is 6. The largest absolute Gasteiger partial charge is 0.423 e. The number of aromatic nitrogens is 3. The second-order valence-corrected chi connectivity index (χ2v) is 12.0. The molecular formula is C25H32F6N6O4Si. The van der Waals surface area contributed by atoms with E-state index in [2.05, 4.69) is 15.4 Å². The fourth-order valence-electron chi connectivity index (χ4n) is 4.96. The van der Waals surface area contributed by atoms with Crippen LogP contribution in [0.2, 0.25) is 5.54 Å². The molecule has 4 atom stereocenters. The highest BCUT2D eigenvalue weighted by molar-refractivity contribution is 6.12. The number of ether oxygens (including phenoxy) is 2. The Labute approximate surface area is 240 Å². The van der Waals surface area contributed by atoms with Crippen molar-refractivity contribution in [1.29, 1.82) is 0 Å². The summed E-state index contributed by atoms with van der Waals surface area (Å²) in [6, 6.07) is 0.303. The number of carbonyl (C=O) groups excluding carboxylic acids is 1. The molecule has 42 heavy (non-hydrogen) atoms. The predicted octanol–water partition coefficient (Wildman–Crippen LogP) is 2.20. The van der Waals surface area contributed by atoms with Crippen molar-refractivity contribution in [3.05, 3.63) is 45.5 Å². The van der Waals surface area contributed by atoms with Crippen molar-refractivity contribution in [1.82, 2.24) is 20.1 Å². The SMILES string of the molecule is CC1OCc2cc(C(F)(F)F)cnc2N2CCN(C(=O)CCOCC([SiH3])[C@H](C)Nc3cn[nH]c(=O)c3C(F)(F)F)C[C@H]12. The number of rotatable bonds is 8. The summed E-state index contributed by atoms with van der Waals surface area (Å²) in [6.45, 7) is 4.80. The van der Waals surface area contributed by atoms with Crippen molar-refractivity contribution in [2.75, 3.05) is 43.1 Å². The first kappa shape index (κ1) is 31.7. The van der Waals surface area contributed by atoms with Crippen LogP contribution in [0.15, 0.2) is 23.3 Å². The molecule has 2 N–H and O–H groups in total. The second-order valence-electron chi connectivity index (χ2n) is 10.5. The van der Waals surface area contributed by atoms with Gasteiger partial charge in [-0.05, 0) is 25.5 Å². The van der Waals surface area contributed by atoms with Gasteiger partial charge in [-0.3, -0.25) is 9.59 Å². The van der Waals surface area contributed by atoms with Crippen LogP contribution in [0, 0.1) is 0 Å². The van der Waals surface area contributed by atoms with Crippen molar-refractivity contribution in [3.63, 3.8) is 0 Å². The average molecular weight is 623 g/mol. The third-order valence-electron chi connectivity index (χ3n) is 7.57. The number of piperazine rings is 1. The molecule has 0 aliphatic carbocycles. The van der Waals surface area contributed by atoms with E-state index < -0.39 is 40.8 Å². The molecular weight excluding hydrogens is 590 g/mol. The maximum Gasteiger partial charge on any atom is 0.423 e. The van der Waals surface area contributed by atoms with E-state index in [1.165, 1.54) is 0 Å². The molecule has 2 aliphatic heterocycles. The lowest BCUT2D eigenvalue weighted by Gasteiger charge is -2.43. The van der Waals surface area contributed by atoms with Crippen molar-refractivity contribution in [3.8, 4) is 0 Å². The number of carbonyl (C=O) groups is 1. The normalized spacial score (nSPS) is 20.9. The molecule has 10 nitrogen and oxygen atoms in total. The number of fused-ring (bicyclic) bond motifs is 3. The van der Waals surface area contributed by atoms with Crippen LogP contribution in [0.1, 0.15) is 37.0 Å². The summed E-state index contributed by atoms with van der Waals surface area (Å²) in [5, 5.41) is 7.96. The predicted molar refractivity (Wildman–Crippen MR) is 143 cm³/mol. The molecule has 0 radical (unpaired) electrons. The van der Waals surface area contributed by atoms with E-state index in [1.54, 1.807) is 16.9 Å². The first-order valence-electron chi connectivity index (χ1n) is 13.4. The van der Waals surface area contributed by atoms with Gasteiger partial charge in [-0.1, -0.05) is 0 Å². The van der Waals surface area contributed by atoms with Crippen molar-refractivity contribution in [2.45, 2.75) is 63.0 Å². The molecule has 4 rings (SSSR count). The van der Waals surface area contributed by atoms with Gasteiger partial charge in [-0.25, -0.2) is 10.1 Å². The molecule has 0 spiro atoms. The first-order valence-corrected chi connectivity index (χ1v) is 14.5. The Balaban J connectivity index is 1.28. The summed E-state index contributed by atoms with van der Waals surface area (Å²) < 4.78 is 90.9. The van der Waals surface area contributed by atoms with Gasteiger partial charge < -0.3 is 24.6 Å². The number of nitrogens with zero attached hydrogens (tertiary/aromatic N) is 4. The standard InChI is InChI=1S/C25H32F6N6O4Si/c1-13(34-17-9-33-35-23(39)21(17)25(29,30)31)19(42)12-40-6-3-20(38)36-4-5-37-18(10-36)14(2)41-11-15-7-16(24(26,27)28)8-32-22(15)37/h7-9,13-14,18-19H,3-6,10-12H2,1-2,42H3,(H2,34,35,39)/t13-,14?,18+,19?/m0/s1. The monoisotopic (exact) mass is 622 g/mol. The second kappa shape index (κ2) is 12.6. The Kier molecular flexibility index (Phi) is 9.51. The van der Waals surface area contributed by atoms with Gasteiger partial charge in [0.2, 0.25) is 5.91 Å². The molecule has 2 aliphatic rings. The Morgan fingerprint density at radius 2 is 1.98 bits per heavy atom. The summed E-state index contributed by atoms with van der Waals surface area (Å²) in [4.78, 5) is 32.3. The topological polar surface area (TPSA) is 113 Å². The number of H-pyrrole nitrogens is 1. The highest BCUT2D eigenvalue weighted by Gasteiger charge is 2.40. The van der Waals surface area contributed by atoms with Gasteiger partial charge in [0.1, 0.15) is 11.4 Å². The van der Waals surface area contributed by atoms with Gasteiger partial charge >= 0.3 is 12.4 Å². The van der Waals surface area contributed by atoms with E-state index in [0.29, 0.717) is 41.3 Å². The number of nitrogens with one attached hydrogen (secondary N) is 2. The Bertz CT molecular complexity index is 1330. The summed E-state index contributed by atoms with van der Waals surface area (Å²) in [5.74, 6) is 0.263. The molecule has 1 amide bonds. The zero-order valence-corrected chi connectivity index (χ0v) is 25.2. The lowest BCUT2D eigenvalue weighted by atomic mass is 10.1. The van der Waals surface area contributed by atoms with Crippen LogP contribution in [-0.2, 0) is 33.2 Å². The smallest absolute Gasteiger partial charge is 0.381 e. The van der Waals surface area contributed by atoms with Crippen LogP contribution in [-0.4, -0.2) is 87.3 Å². The van der Waals surface area contributed by atoms with Gasteiger partial charge in [-0.15, -0.1) is 0 Å². The zero-order chi connectivity index (χ0) is 30.8. The molecule has 0 bridgehead atoms. The van der Waals surface area contributed by atoms with Crippen molar-refractivity contribution < 1.29 is 40.6 Å². The maximum atomic E-state index is 13.3. The fourth-order valence-corrected chi connectivity index (χ4v) is 5.37. The van der Waals surface area contributed by atoms with Gasteiger partial charge in [0.05, 0.1) is 49.2 Å². The molecule has 2 unspecified atom stereocenters. The summed E-state index contributed by atoms with van der Waals surface area (Å²) in [6.07, 6.45) is -7.92.